The maximum atomic E-state index is 13.7. The predicted octanol–water partition coefficient (Wildman–Crippen LogP) is 4.48. The summed E-state index contributed by atoms with van der Waals surface area (Å²) >= 11 is 9.22. The van der Waals surface area contributed by atoms with Crippen molar-refractivity contribution in [2.75, 3.05) is 7.11 Å². The zero-order valence-electron chi connectivity index (χ0n) is 9.91. The molecule has 98 valence electrons. The molecule has 0 N–H and O–H groups in total. The van der Waals surface area contributed by atoms with Crippen molar-refractivity contribution in [1.82, 2.24) is 0 Å². The van der Waals surface area contributed by atoms with E-state index >= 15 is 0 Å². The second-order valence-corrected chi connectivity index (χ2v) is 5.12. The van der Waals surface area contributed by atoms with Crippen LogP contribution in [0.2, 0.25) is 5.02 Å². The summed E-state index contributed by atoms with van der Waals surface area (Å²) in [5.74, 6) is -0.511. The van der Waals surface area contributed by atoms with Gasteiger partial charge in [0.05, 0.1) is 17.7 Å². The molecule has 0 fully saturated rings. The summed E-state index contributed by atoms with van der Waals surface area (Å²) in [4.78, 5) is 12.3. The standard InChI is InChI=1S/C14H9BrClFO2/c1-19-9-3-4-10(12(16)7-9)14(18)11-6-8(15)2-5-13(11)17/h2-7H,1H3. The Morgan fingerprint density at radius 3 is 2.58 bits per heavy atom. The Morgan fingerprint density at radius 2 is 1.95 bits per heavy atom. The molecule has 0 aliphatic carbocycles. The first-order valence-electron chi connectivity index (χ1n) is 5.36. The zero-order chi connectivity index (χ0) is 14.0. The summed E-state index contributed by atoms with van der Waals surface area (Å²) in [6.07, 6.45) is 0. The largest absolute Gasteiger partial charge is 0.497 e. The lowest BCUT2D eigenvalue weighted by molar-refractivity contribution is 0.103. The van der Waals surface area contributed by atoms with E-state index in [4.69, 9.17) is 16.3 Å². The molecule has 0 bridgehead atoms. The molecule has 2 aromatic rings. The zero-order valence-corrected chi connectivity index (χ0v) is 12.3. The average molecular weight is 344 g/mol. The molecule has 2 aromatic carbocycles. The normalized spacial score (nSPS) is 10.3. The number of ether oxygens (including phenoxy) is 1. The van der Waals surface area contributed by atoms with Gasteiger partial charge in [-0.3, -0.25) is 4.79 Å². The quantitative estimate of drug-likeness (QED) is 0.768. The maximum Gasteiger partial charge on any atom is 0.197 e. The lowest BCUT2D eigenvalue weighted by Crippen LogP contribution is -2.05. The van der Waals surface area contributed by atoms with E-state index in [0.29, 0.717) is 10.2 Å². The summed E-state index contributed by atoms with van der Waals surface area (Å²) in [6.45, 7) is 0. The maximum absolute atomic E-state index is 13.7. The van der Waals surface area contributed by atoms with Crippen LogP contribution < -0.4 is 4.74 Å². The minimum absolute atomic E-state index is 0.0264. The summed E-state index contributed by atoms with van der Waals surface area (Å²) in [5.41, 5.74) is 0.209. The molecule has 0 radical (unpaired) electrons. The van der Waals surface area contributed by atoms with Crippen molar-refractivity contribution < 1.29 is 13.9 Å². The molecule has 0 saturated heterocycles. The third-order valence-electron chi connectivity index (χ3n) is 2.59. The Bertz CT molecular complexity index is 643. The highest BCUT2D eigenvalue weighted by Gasteiger charge is 2.17. The fourth-order valence-electron chi connectivity index (χ4n) is 1.62. The lowest BCUT2D eigenvalue weighted by Gasteiger charge is -2.07. The first-order chi connectivity index (χ1) is 9.02. The minimum Gasteiger partial charge on any atom is -0.497 e. The van der Waals surface area contributed by atoms with Crippen molar-refractivity contribution in [3.05, 3.63) is 62.8 Å². The molecule has 5 heteroatoms. The summed E-state index contributed by atoms with van der Waals surface area (Å²) in [7, 11) is 1.50. The summed E-state index contributed by atoms with van der Waals surface area (Å²) < 4.78 is 19.3. The fourth-order valence-corrected chi connectivity index (χ4v) is 2.24. The molecule has 2 nitrogen and oxygen atoms in total. The van der Waals surface area contributed by atoms with Crippen molar-refractivity contribution in [3.8, 4) is 5.75 Å². The summed E-state index contributed by atoms with van der Waals surface area (Å²) in [6, 6.07) is 8.83. The number of rotatable bonds is 3. The molecule has 0 aliphatic heterocycles. The molecule has 0 aromatic heterocycles. The first kappa shape index (κ1) is 14.0. The number of carbonyl (C=O) groups is 1. The molecule has 0 heterocycles. The second kappa shape index (κ2) is 5.72. The van der Waals surface area contributed by atoms with Crippen LogP contribution in [0.5, 0.6) is 5.75 Å². The lowest BCUT2D eigenvalue weighted by atomic mass is 10.0. The number of ketones is 1. The van der Waals surface area contributed by atoms with Crippen LogP contribution in [-0.2, 0) is 0 Å². The van der Waals surface area contributed by atoms with Crippen molar-refractivity contribution in [2.24, 2.45) is 0 Å². The van der Waals surface area contributed by atoms with Gasteiger partial charge in [-0.05, 0) is 36.4 Å². The van der Waals surface area contributed by atoms with E-state index in [1.54, 1.807) is 6.07 Å². The van der Waals surface area contributed by atoms with Gasteiger partial charge in [0, 0.05) is 10.0 Å². The van der Waals surface area contributed by atoms with Gasteiger partial charge in [-0.2, -0.15) is 0 Å². The van der Waals surface area contributed by atoms with E-state index in [-0.39, 0.29) is 16.1 Å². The van der Waals surface area contributed by atoms with Crippen LogP contribution in [0.1, 0.15) is 15.9 Å². The van der Waals surface area contributed by atoms with Gasteiger partial charge in [0.15, 0.2) is 5.78 Å². The van der Waals surface area contributed by atoms with Crippen molar-refractivity contribution in [3.63, 3.8) is 0 Å². The minimum atomic E-state index is -0.583. The summed E-state index contributed by atoms with van der Waals surface area (Å²) in [5, 5.41) is 0.226. The van der Waals surface area contributed by atoms with E-state index in [1.807, 2.05) is 0 Å². The topological polar surface area (TPSA) is 26.3 Å². The van der Waals surface area contributed by atoms with Crippen molar-refractivity contribution in [2.45, 2.75) is 0 Å². The highest BCUT2D eigenvalue weighted by atomic mass is 79.9. The van der Waals surface area contributed by atoms with Crippen LogP contribution in [0, 0.1) is 5.82 Å². The van der Waals surface area contributed by atoms with E-state index in [2.05, 4.69) is 15.9 Å². The molecule has 19 heavy (non-hydrogen) atoms. The SMILES string of the molecule is COc1ccc(C(=O)c2cc(Br)ccc2F)c(Cl)c1. The van der Waals surface area contributed by atoms with Gasteiger partial charge in [-0.1, -0.05) is 27.5 Å². The third kappa shape index (κ3) is 2.96. The van der Waals surface area contributed by atoms with Crippen LogP contribution in [0.3, 0.4) is 0 Å². The molecule has 0 aliphatic rings. The fraction of sp³-hybridized carbons (Fsp3) is 0.0714. The smallest absolute Gasteiger partial charge is 0.197 e. The first-order valence-corrected chi connectivity index (χ1v) is 6.53. The number of carbonyl (C=O) groups excluding carboxylic acids is 1. The molecule has 0 amide bonds. The van der Waals surface area contributed by atoms with Gasteiger partial charge >= 0.3 is 0 Å². The van der Waals surface area contributed by atoms with Crippen molar-refractivity contribution >= 4 is 33.3 Å². The molecule has 0 unspecified atom stereocenters. The average Bonchev–Trinajstić information content (AvgIpc) is 2.40. The molecule has 0 spiro atoms. The van der Waals surface area contributed by atoms with Gasteiger partial charge in [-0.15, -0.1) is 0 Å². The van der Waals surface area contributed by atoms with E-state index in [9.17, 15) is 9.18 Å². The third-order valence-corrected chi connectivity index (χ3v) is 3.40. The number of halogens is 3. The number of hydrogen-bond acceptors (Lipinski definition) is 2. The number of benzene rings is 2. The van der Waals surface area contributed by atoms with E-state index in [1.165, 1.54) is 37.4 Å². The van der Waals surface area contributed by atoms with Gasteiger partial charge in [-0.25, -0.2) is 4.39 Å². The Hall–Kier alpha value is -1.39. The highest BCUT2D eigenvalue weighted by molar-refractivity contribution is 9.10. The monoisotopic (exact) mass is 342 g/mol. The number of hydrogen-bond donors (Lipinski definition) is 0. The molecule has 0 atom stereocenters. The van der Waals surface area contributed by atoms with E-state index < -0.39 is 11.6 Å². The Kier molecular flexibility index (Phi) is 4.22. The van der Waals surface area contributed by atoms with Gasteiger partial charge in [0.25, 0.3) is 0 Å². The number of methoxy groups -OCH3 is 1. The second-order valence-electron chi connectivity index (χ2n) is 3.80. The van der Waals surface area contributed by atoms with Gasteiger partial charge in [0.1, 0.15) is 11.6 Å². The van der Waals surface area contributed by atoms with Crippen LogP contribution in [0.15, 0.2) is 40.9 Å². The van der Waals surface area contributed by atoms with Crippen LogP contribution >= 0.6 is 27.5 Å². The Morgan fingerprint density at radius 1 is 1.21 bits per heavy atom. The van der Waals surface area contributed by atoms with Gasteiger partial charge < -0.3 is 4.74 Å². The van der Waals surface area contributed by atoms with Crippen LogP contribution in [0.4, 0.5) is 4.39 Å². The highest BCUT2D eigenvalue weighted by Crippen LogP contribution is 2.26. The molecular formula is C14H9BrClFO2. The van der Waals surface area contributed by atoms with Crippen LogP contribution in [0.25, 0.3) is 0 Å². The van der Waals surface area contributed by atoms with Gasteiger partial charge in [0.2, 0.25) is 0 Å². The predicted molar refractivity (Wildman–Crippen MR) is 75.5 cm³/mol. The Labute approximate surface area is 123 Å². The Balaban J connectivity index is 2.47. The molecular weight excluding hydrogens is 335 g/mol. The van der Waals surface area contributed by atoms with Crippen LogP contribution in [-0.4, -0.2) is 12.9 Å². The molecule has 0 saturated carbocycles. The van der Waals surface area contributed by atoms with Crippen molar-refractivity contribution in [1.29, 1.82) is 0 Å². The molecule has 2 rings (SSSR count). The van der Waals surface area contributed by atoms with E-state index in [0.717, 1.165) is 0 Å².